The monoisotopic (exact) mass is 272 g/mol. The van der Waals surface area contributed by atoms with Gasteiger partial charge in [0.05, 0.1) is 19.8 Å². The number of hydrogen-bond donors (Lipinski definition) is 2. The van der Waals surface area contributed by atoms with Crippen molar-refractivity contribution < 1.29 is 9.47 Å². The fourth-order valence-electron chi connectivity index (χ4n) is 1.54. The number of benzene rings is 1. The van der Waals surface area contributed by atoms with Crippen LogP contribution in [0.1, 0.15) is 12.5 Å². The molecule has 4 nitrogen and oxygen atoms in total. The second-order valence-corrected chi connectivity index (χ2v) is 4.20. The average molecular weight is 273 g/mol. The van der Waals surface area contributed by atoms with E-state index in [-0.39, 0.29) is 0 Å². The van der Waals surface area contributed by atoms with Gasteiger partial charge in [-0.2, -0.15) is 0 Å². The minimum absolute atomic E-state index is 0.558. The van der Waals surface area contributed by atoms with Crippen LogP contribution in [-0.4, -0.2) is 32.9 Å². The Kier molecular flexibility index (Phi) is 7.76. The molecule has 0 aromatic heterocycles. The van der Waals surface area contributed by atoms with E-state index < -0.39 is 0 Å². The van der Waals surface area contributed by atoms with Gasteiger partial charge in [-0.3, -0.25) is 0 Å². The minimum Gasteiger partial charge on any atom is -0.494 e. The van der Waals surface area contributed by atoms with Crippen LogP contribution in [0.15, 0.2) is 18.2 Å². The summed E-state index contributed by atoms with van der Waals surface area (Å²) in [6, 6.07) is 5.65. The molecule has 0 heterocycles. The topological polar surface area (TPSA) is 56.5 Å². The molecule has 0 unspecified atom stereocenters. The average Bonchev–Trinajstić information content (AvgIpc) is 2.37. The maximum atomic E-state index is 5.98. The third-order valence-corrected chi connectivity index (χ3v) is 2.56. The quantitative estimate of drug-likeness (QED) is 0.673. The van der Waals surface area contributed by atoms with Gasteiger partial charge < -0.3 is 20.5 Å². The number of hydrogen-bond acceptors (Lipinski definition) is 4. The lowest BCUT2D eigenvalue weighted by molar-refractivity contribution is 0.143. The Labute approximate surface area is 113 Å². The molecule has 0 amide bonds. The van der Waals surface area contributed by atoms with Crippen molar-refractivity contribution in [3.63, 3.8) is 0 Å². The number of nitrogens with two attached hydrogens (primary N) is 1. The van der Waals surface area contributed by atoms with E-state index in [4.69, 9.17) is 26.8 Å². The van der Waals surface area contributed by atoms with E-state index in [9.17, 15) is 0 Å². The van der Waals surface area contributed by atoms with Crippen LogP contribution in [-0.2, 0) is 11.3 Å². The molecule has 1 aromatic rings. The van der Waals surface area contributed by atoms with Crippen LogP contribution in [0.4, 0.5) is 0 Å². The van der Waals surface area contributed by atoms with Gasteiger partial charge in [0.1, 0.15) is 5.75 Å². The molecule has 0 saturated carbocycles. The lowest BCUT2D eigenvalue weighted by Gasteiger charge is -2.11. The Balaban J connectivity index is 2.37. The maximum absolute atomic E-state index is 5.98. The molecule has 5 heteroatoms. The predicted molar refractivity (Wildman–Crippen MR) is 74.2 cm³/mol. The molecular weight excluding hydrogens is 252 g/mol. The zero-order chi connectivity index (χ0) is 13.2. The first kappa shape index (κ1) is 15.2. The van der Waals surface area contributed by atoms with Crippen LogP contribution in [0.25, 0.3) is 0 Å². The fraction of sp³-hybridized carbons (Fsp3) is 0.538. The van der Waals surface area contributed by atoms with Crippen molar-refractivity contribution in [3.05, 3.63) is 28.8 Å². The molecule has 0 saturated heterocycles. The van der Waals surface area contributed by atoms with Crippen LogP contribution in [0, 0.1) is 0 Å². The van der Waals surface area contributed by atoms with Crippen molar-refractivity contribution in [2.45, 2.75) is 13.5 Å². The molecular formula is C13H21ClN2O2. The van der Waals surface area contributed by atoms with Gasteiger partial charge in [-0.1, -0.05) is 11.6 Å². The lowest BCUT2D eigenvalue weighted by Crippen LogP contribution is -2.21. The van der Waals surface area contributed by atoms with Gasteiger partial charge in [0.25, 0.3) is 0 Å². The Morgan fingerprint density at radius 1 is 1.33 bits per heavy atom. The zero-order valence-corrected chi connectivity index (χ0v) is 11.5. The molecule has 3 N–H and O–H groups in total. The third kappa shape index (κ3) is 5.69. The normalized spacial score (nSPS) is 10.6. The SMILES string of the molecule is CCOc1ccc(Cl)cc1CNCCOCCN. The van der Waals surface area contributed by atoms with E-state index in [2.05, 4.69) is 5.32 Å². The van der Waals surface area contributed by atoms with Crippen molar-refractivity contribution in [3.8, 4) is 5.75 Å². The minimum atomic E-state index is 0.558. The number of halogens is 1. The molecule has 1 aromatic carbocycles. The van der Waals surface area contributed by atoms with E-state index in [1.807, 2.05) is 25.1 Å². The van der Waals surface area contributed by atoms with Crippen molar-refractivity contribution >= 4 is 11.6 Å². The van der Waals surface area contributed by atoms with Crippen LogP contribution >= 0.6 is 11.6 Å². The molecule has 18 heavy (non-hydrogen) atoms. The smallest absolute Gasteiger partial charge is 0.123 e. The highest BCUT2D eigenvalue weighted by molar-refractivity contribution is 6.30. The van der Waals surface area contributed by atoms with Crippen molar-refractivity contribution in [1.82, 2.24) is 5.32 Å². The van der Waals surface area contributed by atoms with Crippen LogP contribution in [0.3, 0.4) is 0 Å². The highest BCUT2D eigenvalue weighted by Crippen LogP contribution is 2.22. The Morgan fingerprint density at radius 2 is 2.17 bits per heavy atom. The summed E-state index contributed by atoms with van der Waals surface area (Å²) in [6.45, 7) is 5.91. The summed E-state index contributed by atoms with van der Waals surface area (Å²) in [5.41, 5.74) is 6.39. The molecule has 0 aliphatic heterocycles. The largest absolute Gasteiger partial charge is 0.494 e. The van der Waals surface area contributed by atoms with Crippen molar-refractivity contribution in [1.29, 1.82) is 0 Å². The molecule has 1 rings (SSSR count). The second-order valence-electron chi connectivity index (χ2n) is 3.76. The summed E-state index contributed by atoms with van der Waals surface area (Å²) in [6.07, 6.45) is 0. The van der Waals surface area contributed by atoms with Crippen molar-refractivity contribution in [2.24, 2.45) is 5.73 Å². The standard InChI is InChI=1S/C13H21ClN2O2/c1-2-18-13-4-3-12(14)9-11(13)10-16-6-8-17-7-5-15/h3-4,9,16H,2,5-8,10,15H2,1H3. The Hall–Kier alpha value is -0.810. The van der Waals surface area contributed by atoms with Crippen LogP contribution < -0.4 is 15.8 Å². The predicted octanol–water partition coefficient (Wildman–Crippen LogP) is 1.80. The first-order chi connectivity index (χ1) is 8.77. The van der Waals surface area contributed by atoms with Crippen LogP contribution in [0.2, 0.25) is 5.02 Å². The summed E-state index contributed by atoms with van der Waals surface area (Å²) in [7, 11) is 0. The molecule has 0 atom stereocenters. The summed E-state index contributed by atoms with van der Waals surface area (Å²) in [4.78, 5) is 0. The molecule has 0 fully saturated rings. The molecule has 0 spiro atoms. The Bertz CT molecular complexity index is 348. The summed E-state index contributed by atoms with van der Waals surface area (Å²) >= 11 is 5.98. The van der Waals surface area contributed by atoms with Gasteiger partial charge in [-0.25, -0.2) is 0 Å². The highest BCUT2D eigenvalue weighted by atomic mass is 35.5. The molecule has 0 bridgehead atoms. The van der Waals surface area contributed by atoms with Crippen molar-refractivity contribution in [2.75, 3.05) is 32.9 Å². The first-order valence-electron chi connectivity index (χ1n) is 6.17. The van der Waals surface area contributed by atoms with E-state index in [1.54, 1.807) is 0 Å². The molecule has 0 aliphatic rings. The third-order valence-electron chi connectivity index (χ3n) is 2.32. The van der Waals surface area contributed by atoms with Gasteiger partial charge in [0.15, 0.2) is 0 Å². The molecule has 0 radical (unpaired) electrons. The van der Waals surface area contributed by atoms with E-state index in [1.165, 1.54) is 0 Å². The van der Waals surface area contributed by atoms with E-state index >= 15 is 0 Å². The highest BCUT2D eigenvalue weighted by Gasteiger charge is 2.03. The van der Waals surface area contributed by atoms with Crippen LogP contribution in [0.5, 0.6) is 5.75 Å². The summed E-state index contributed by atoms with van der Waals surface area (Å²) in [5, 5.41) is 4.00. The summed E-state index contributed by atoms with van der Waals surface area (Å²) in [5.74, 6) is 0.872. The first-order valence-corrected chi connectivity index (χ1v) is 6.55. The van der Waals surface area contributed by atoms with Gasteiger partial charge in [-0.05, 0) is 25.1 Å². The second kappa shape index (κ2) is 9.16. The Morgan fingerprint density at radius 3 is 2.89 bits per heavy atom. The van der Waals surface area contributed by atoms with Gasteiger partial charge in [0, 0.05) is 30.2 Å². The zero-order valence-electron chi connectivity index (χ0n) is 10.7. The lowest BCUT2D eigenvalue weighted by atomic mass is 10.2. The number of nitrogens with one attached hydrogen (secondary N) is 1. The van der Waals surface area contributed by atoms with Gasteiger partial charge >= 0.3 is 0 Å². The van der Waals surface area contributed by atoms with Gasteiger partial charge in [-0.15, -0.1) is 0 Å². The summed E-state index contributed by atoms with van der Waals surface area (Å²) < 4.78 is 10.8. The molecule has 0 aliphatic carbocycles. The van der Waals surface area contributed by atoms with Gasteiger partial charge in [0.2, 0.25) is 0 Å². The number of ether oxygens (including phenoxy) is 2. The van der Waals surface area contributed by atoms with E-state index in [0.29, 0.717) is 32.9 Å². The number of rotatable bonds is 9. The van der Waals surface area contributed by atoms with E-state index in [0.717, 1.165) is 22.9 Å². The molecule has 102 valence electrons. The fourth-order valence-corrected chi connectivity index (χ4v) is 1.73. The maximum Gasteiger partial charge on any atom is 0.123 e.